The van der Waals surface area contributed by atoms with Crippen LogP contribution in [-0.2, 0) is 21.4 Å². The van der Waals surface area contributed by atoms with Gasteiger partial charge < -0.3 is 4.57 Å². The number of carbonyl (C=O) groups excluding carboxylic acids is 1. The van der Waals surface area contributed by atoms with Crippen LogP contribution in [0.25, 0.3) is 0 Å². The molecule has 122 valence electrons. The average molecular weight is 343 g/mol. The predicted molar refractivity (Wildman–Crippen MR) is 75.5 cm³/mol. The van der Waals surface area contributed by atoms with Gasteiger partial charge >= 0.3 is 0 Å². The van der Waals surface area contributed by atoms with Gasteiger partial charge in [0.15, 0.2) is 11.6 Å². The van der Waals surface area contributed by atoms with Crippen molar-refractivity contribution in [3.05, 3.63) is 64.6 Å². The smallest absolute Gasteiger partial charge is 0.257 e. The summed E-state index contributed by atoms with van der Waals surface area (Å²) in [5.41, 5.74) is 1.44. The fourth-order valence-corrected chi connectivity index (χ4v) is 2.48. The first-order valence-corrected chi connectivity index (χ1v) is 7.69. The summed E-state index contributed by atoms with van der Waals surface area (Å²) in [6, 6.07) is 6.22. The van der Waals surface area contributed by atoms with Crippen molar-refractivity contribution in [2.75, 3.05) is 0 Å². The molecule has 1 amide bonds. The molecule has 0 aliphatic carbocycles. The molecule has 0 unspecified atom stereocenters. The molecule has 0 fully saturated rings. The number of aromatic nitrogens is 1. The third kappa shape index (κ3) is 4.20. The zero-order chi connectivity index (χ0) is 17.0. The third-order valence-electron chi connectivity index (χ3n) is 2.74. The molecule has 1 aromatic heterocycles. The van der Waals surface area contributed by atoms with Crippen LogP contribution >= 0.6 is 0 Å². The molecule has 7 nitrogen and oxygen atoms in total. The van der Waals surface area contributed by atoms with Crippen LogP contribution in [0, 0.1) is 11.6 Å². The van der Waals surface area contributed by atoms with E-state index < -0.39 is 44.6 Å². The number of nitrogens with zero attached hydrogens (tertiary/aromatic N) is 1. The van der Waals surface area contributed by atoms with Gasteiger partial charge in [0.25, 0.3) is 21.5 Å². The summed E-state index contributed by atoms with van der Waals surface area (Å²) in [6.45, 7) is -0.417. The zero-order valence-corrected chi connectivity index (χ0v) is 12.3. The van der Waals surface area contributed by atoms with Crippen LogP contribution in [0.1, 0.15) is 0 Å². The molecule has 0 radical (unpaired) electrons. The van der Waals surface area contributed by atoms with Crippen molar-refractivity contribution in [2.45, 2.75) is 11.4 Å². The molecule has 23 heavy (non-hydrogen) atoms. The summed E-state index contributed by atoms with van der Waals surface area (Å²) in [6.07, 6.45) is 1.35. The standard InChI is InChI=1S/C13H11F2N3O4S/c14-10-5-4-9(7-11(10)15)23(21,22)17-16-12(19)8-18-6-2-1-3-13(18)20/h1-7,17H,8H2,(H,16,19). The molecule has 0 saturated carbocycles. The zero-order valence-electron chi connectivity index (χ0n) is 11.5. The summed E-state index contributed by atoms with van der Waals surface area (Å²) in [5, 5.41) is 0. The molecule has 2 aromatic rings. The van der Waals surface area contributed by atoms with Crippen molar-refractivity contribution in [1.82, 2.24) is 14.8 Å². The number of sulfonamides is 1. The Kier molecular flexibility index (Phi) is 4.86. The second kappa shape index (κ2) is 6.67. The van der Waals surface area contributed by atoms with Crippen LogP contribution in [0.3, 0.4) is 0 Å². The largest absolute Gasteiger partial charge is 0.306 e. The number of pyridine rings is 1. The van der Waals surface area contributed by atoms with E-state index >= 15 is 0 Å². The number of amides is 1. The molecule has 0 aliphatic rings. The van der Waals surface area contributed by atoms with E-state index in [0.717, 1.165) is 10.6 Å². The van der Waals surface area contributed by atoms with Crippen LogP contribution in [0.15, 0.2) is 52.3 Å². The summed E-state index contributed by atoms with van der Waals surface area (Å²) >= 11 is 0. The van der Waals surface area contributed by atoms with Gasteiger partial charge in [-0.25, -0.2) is 17.2 Å². The number of nitrogens with one attached hydrogen (secondary N) is 2. The number of halogens is 2. The Morgan fingerprint density at radius 3 is 2.52 bits per heavy atom. The van der Waals surface area contributed by atoms with E-state index in [0.29, 0.717) is 12.1 Å². The minimum Gasteiger partial charge on any atom is -0.306 e. The second-order valence-electron chi connectivity index (χ2n) is 4.40. The summed E-state index contributed by atoms with van der Waals surface area (Å²) in [5.74, 6) is -3.35. The molecule has 1 heterocycles. The summed E-state index contributed by atoms with van der Waals surface area (Å²) < 4.78 is 50.6. The second-order valence-corrected chi connectivity index (χ2v) is 6.08. The molecule has 2 N–H and O–H groups in total. The Morgan fingerprint density at radius 2 is 1.87 bits per heavy atom. The Morgan fingerprint density at radius 1 is 1.13 bits per heavy atom. The lowest BCUT2D eigenvalue weighted by Crippen LogP contribution is -2.44. The van der Waals surface area contributed by atoms with E-state index in [1.807, 2.05) is 5.43 Å². The van der Waals surface area contributed by atoms with E-state index in [1.165, 1.54) is 24.4 Å². The van der Waals surface area contributed by atoms with Crippen LogP contribution < -0.4 is 15.8 Å². The SMILES string of the molecule is O=C(Cn1ccccc1=O)NNS(=O)(=O)c1ccc(F)c(F)c1. The molecule has 0 spiro atoms. The van der Waals surface area contributed by atoms with E-state index in [9.17, 15) is 26.8 Å². The first kappa shape index (κ1) is 16.8. The van der Waals surface area contributed by atoms with Gasteiger partial charge in [0.05, 0.1) is 4.90 Å². The average Bonchev–Trinajstić information content (AvgIpc) is 2.50. The van der Waals surface area contributed by atoms with Gasteiger partial charge in [-0.3, -0.25) is 15.0 Å². The Hall–Kier alpha value is -2.59. The van der Waals surface area contributed by atoms with Crippen LogP contribution in [0.5, 0.6) is 0 Å². The molecular weight excluding hydrogens is 332 g/mol. The number of benzene rings is 1. The normalized spacial score (nSPS) is 11.2. The highest BCUT2D eigenvalue weighted by Gasteiger charge is 2.17. The van der Waals surface area contributed by atoms with E-state index in [-0.39, 0.29) is 0 Å². The minimum atomic E-state index is -4.27. The van der Waals surface area contributed by atoms with E-state index in [4.69, 9.17) is 0 Å². The monoisotopic (exact) mass is 343 g/mol. The molecule has 0 saturated heterocycles. The van der Waals surface area contributed by atoms with Crippen molar-refractivity contribution in [1.29, 1.82) is 0 Å². The van der Waals surface area contributed by atoms with Crippen molar-refractivity contribution in [2.24, 2.45) is 0 Å². The fourth-order valence-electron chi connectivity index (χ4n) is 1.61. The molecular formula is C13H11F2N3O4S. The van der Waals surface area contributed by atoms with Crippen molar-refractivity contribution in [3.8, 4) is 0 Å². The van der Waals surface area contributed by atoms with Gasteiger partial charge in [0.1, 0.15) is 6.54 Å². The summed E-state index contributed by atoms with van der Waals surface area (Å²) in [4.78, 5) is 24.2. The Bertz CT molecular complexity index is 896. The maximum atomic E-state index is 13.0. The molecule has 0 aliphatic heterocycles. The van der Waals surface area contributed by atoms with Crippen molar-refractivity contribution >= 4 is 15.9 Å². The van der Waals surface area contributed by atoms with Gasteiger partial charge in [-0.15, -0.1) is 4.83 Å². The summed E-state index contributed by atoms with van der Waals surface area (Å²) in [7, 11) is -4.27. The highest BCUT2D eigenvalue weighted by atomic mass is 32.2. The number of hydrogen-bond acceptors (Lipinski definition) is 4. The van der Waals surface area contributed by atoms with Crippen molar-refractivity contribution < 1.29 is 22.0 Å². The maximum Gasteiger partial charge on any atom is 0.257 e. The molecule has 10 heteroatoms. The lowest BCUT2D eigenvalue weighted by atomic mass is 10.3. The molecule has 0 atom stereocenters. The molecule has 1 aromatic carbocycles. The molecule has 0 bridgehead atoms. The number of rotatable bonds is 5. The Labute approximate surface area is 129 Å². The lowest BCUT2D eigenvalue weighted by molar-refractivity contribution is -0.122. The van der Waals surface area contributed by atoms with Crippen LogP contribution in [-0.4, -0.2) is 18.9 Å². The highest BCUT2D eigenvalue weighted by molar-refractivity contribution is 7.89. The quantitative estimate of drug-likeness (QED) is 0.755. The third-order valence-corrected chi connectivity index (χ3v) is 3.98. The predicted octanol–water partition coefficient (Wildman–Crippen LogP) is 0.136. The van der Waals surface area contributed by atoms with E-state index in [1.54, 1.807) is 4.83 Å². The van der Waals surface area contributed by atoms with Crippen molar-refractivity contribution in [3.63, 3.8) is 0 Å². The van der Waals surface area contributed by atoms with Gasteiger partial charge in [0, 0.05) is 12.3 Å². The fraction of sp³-hybridized carbons (Fsp3) is 0.0769. The van der Waals surface area contributed by atoms with Gasteiger partial charge in [0.2, 0.25) is 0 Å². The van der Waals surface area contributed by atoms with Gasteiger partial charge in [-0.1, -0.05) is 6.07 Å². The Balaban J connectivity index is 2.04. The first-order valence-electron chi connectivity index (χ1n) is 6.21. The molecule has 2 rings (SSSR count). The maximum absolute atomic E-state index is 13.0. The number of carbonyl (C=O) groups is 1. The topological polar surface area (TPSA) is 97.3 Å². The van der Waals surface area contributed by atoms with Gasteiger partial charge in [-0.05, 0) is 24.3 Å². The van der Waals surface area contributed by atoms with E-state index in [2.05, 4.69) is 0 Å². The van der Waals surface area contributed by atoms with Crippen LogP contribution in [0.2, 0.25) is 0 Å². The van der Waals surface area contributed by atoms with Gasteiger partial charge in [-0.2, -0.15) is 0 Å². The minimum absolute atomic E-state index is 0.417. The highest BCUT2D eigenvalue weighted by Crippen LogP contribution is 2.12. The number of hydrazine groups is 1. The first-order chi connectivity index (χ1) is 10.8. The lowest BCUT2D eigenvalue weighted by Gasteiger charge is -2.09. The number of hydrogen-bond donors (Lipinski definition) is 2. The van der Waals surface area contributed by atoms with Crippen LogP contribution in [0.4, 0.5) is 8.78 Å².